The number of phenols is 1. The summed E-state index contributed by atoms with van der Waals surface area (Å²) in [5, 5.41) is 18.5. The Morgan fingerprint density at radius 1 is 1.44 bits per heavy atom. The van der Waals surface area contributed by atoms with Crippen molar-refractivity contribution in [2.24, 2.45) is 11.7 Å². The number of phenolic OH excluding ortho intramolecular Hbond substituents is 1. The molecular weight excluding hydrogens is 224 g/mol. The van der Waals surface area contributed by atoms with Gasteiger partial charge in [-0.3, -0.25) is 0 Å². The van der Waals surface area contributed by atoms with Crippen LogP contribution in [0.3, 0.4) is 0 Å². The zero-order chi connectivity index (χ0) is 10.8. The smallest absolute Gasteiger partial charge is 0.120 e. The van der Waals surface area contributed by atoms with Gasteiger partial charge in [0.2, 0.25) is 0 Å². The van der Waals surface area contributed by atoms with Crippen LogP contribution in [0.5, 0.6) is 5.75 Å². The zero-order valence-electron chi connectivity index (χ0n) is 8.89. The first-order chi connectivity index (χ1) is 7.22. The second-order valence-corrected chi connectivity index (χ2v) is 4.10. The standard InChI is InChI=1S/C12H14N2O.ClH/c13-7-8-4-5-11(15)10(6-8)12(14)9-2-1-3-9;/h4-6,9,12,15H,1-3,14H2;1H/t12-;/m0./s1. The van der Waals surface area contributed by atoms with Gasteiger partial charge < -0.3 is 10.8 Å². The molecule has 1 fully saturated rings. The molecule has 0 amide bonds. The normalized spacial score (nSPS) is 16.8. The van der Waals surface area contributed by atoms with Crippen molar-refractivity contribution in [1.29, 1.82) is 5.26 Å². The minimum atomic E-state index is -0.132. The number of nitrogens with two attached hydrogens (primary N) is 1. The summed E-state index contributed by atoms with van der Waals surface area (Å²) in [4.78, 5) is 0. The Kier molecular flexibility index (Phi) is 4.17. The van der Waals surface area contributed by atoms with Gasteiger partial charge >= 0.3 is 0 Å². The number of nitrogens with zero attached hydrogens (tertiary/aromatic N) is 1. The summed E-state index contributed by atoms with van der Waals surface area (Å²) in [7, 11) is 0. The summed E-state index contributed by atoms with van der Waals surface area (Å²) in [6.45, 7) is 0. The number of benzene rings is 1. The van der Waals surface area contributed by atoms with E-state index < -0.39 is 0 Å². The predicted octanol–water partition coefficient (Wildman–Crippen LogP) is 2.49. The Bertz CT molecular complexity index is 410. The molecule has 0 radical (unpaired) electrons. The summed E-state index contributed by atoms with van der Waals surface area (Å²) in [5.41, 5.74) is 7.32. The second-order valence-electron chi connectivity index (χ2n) is 4.10. The van der Waals surface area contributed by atoms with E-state index in [2.05, 4.69) is 6.07 Å². The first kappa shape index (κ1) is 12.8. The van der Waals surface area contributed by atoms with E-state index in [-0.39, 0.29) is 24.2 Å². The zero-order valence-corrected chi connectivity index (χ0v) is 9.70. The highest BCUT2D eigenvalue weighted by molar-refractivity contribution is 5.85. The van der Waals surface area contributed by atoms with E-state index in [0.717, 1.165) is 12.8 Å². The van der Waals surface area contributed by atoms with Gasteiger partial charge in [-0.15, -0.1) is 12.4 Å². The third kappa shape index (κ3) is 2.29. The van der Waals surface area contributed by atoms with E-state index in [1.807, 2.05) is 0 Å². The maximum absolute atomic E-state index is 9.68. The molecule has 3 nitrogen and oxygen atoms in total. The molecule has 0 bridgehead atoms. The summed E-state index contributed by atoms with van der Waals surface area (Å²) in [5.74, 6) is 0.665. The van der Waals surface area contributed by atoms with Gasteiger partial charge in [0.25, 0.3) is 0 Å². The molecule has 0 aromatic heterocycles. The maximum atomic E-state index is 9.68. The average Bonchev–Trinajstić information content (AvgIpc) is 2.15. The fourth-order valence-electron chi connectivity index (χ4n) is 1.94. The van der Waals surface area contributed by atoms with E-state index in [4.69, 9.17) is 11.0 Å². The van der Waals surface area contributed by atoms with E-state index in [0.29, 0.717) is 17.0 Å². The van der Waals surface area contributed by atoms with Crippen molar-refractivity contribution in [2.45, 2.75) is 25.3 Å². The molecule has 2 rings (SSSR count). The van der Waals surface area contributed by atoms with Crippen LogP contribution in [0.1, 0.15) is 36.4 Å². The third-order valence-corrected chi connectivity index (χ3v) is 3.17. The molecule has 16 heavy (non-hydrogen) atoms. The molecule has 0 unspecified atom stereocenters. The van der Waals surface area contributed by atoms with Gasteiger partial charge in [-0.2, -0.15) is 5.26 Å². The highest BCUT2D eigenvalue weighted by atomic mass is 35.5. The van der Waals surface area contributed by atoms with E-state index in [1.165, 1.54) is 6.42 Å². The molecule has 1 atom stereocenters. The Morgan fingerprint density at radius 2 is 2.12 bits per heavy atom. The monoisotopic (exact) mass is 238 g/mol. The van der Waals surface area contributed by atoms with Gasteiger partial charge in [0.15, 0.2) is 0 Å². The Morgan fingerprint density at radius 3 is 2.62 bits per heavy atom. The second kappa shape index (κ2) is 5.20. The van der Waals surface area contributed by atoms with Crippen LogP contribution in [0.4, 0.5) is 0 Å². The van der Waals surface area contributed by atoms with Crippen molar-refractivity contribution in [3.8, 4) is 11.8 Å². The fourth-order valence-corrected chi connectivity index (χ4v) is 1.94. The lowest BCUT2D eigenvalue weighted by atomic mass is 9.77. The van der Waals surface area contributed by atoms with E-state index in [1.54, 1.807) is 18.2 Å². The molecule has 0 saturated heterocycles. The fraction of sp³-hybridized carbons (Fsp3) is 0.417. The number of rotatable bonds is 2. The molecule has 1 aromatic rings. The highest BCUT2D eigenvalue weighted by Gasteiger charge is 2.27. The summed E-state index contributed by atoms with van der Waals surface area (Å²) >= 11 is 0. The van der Waals surface area contributed by atoms with E-state index >= 15 is 0 Å². The van der Waals surface area contributed by atoms with Gasteiger partial charge in [-0.1, -0.05) is 6.42 Å². The molecule has 0 heterocycles. The van der Waals surface area contributed by atoms with Crippen molar-refractivity contribution in [2.75, 3.05) is 0 Å². The number of aromatic hydroxyl groups is 1. The molecule has 86 valence electrons. The first-order valence-electron chi connectivity index (χ1n) is 5.21. The summed E-state index contributed by atoms with van der Waals surface area (Å²) in [6, 6.07) is 6.77. The summed E-state index contributed by atoms with van der Waals surface area (Å²) in [6.07, 6.45) is 3.46. The van der Waals surface area contributed by atoms with Crippen molar-refractivity contribution in [3.05, 3.63) is 29.3 Å². The van der Waals surface area contributed by atoms with Crippen LogP contribution in [0, 0.1) is 17.2 Å². The third-order valence-electron chi connectivity index (χ3n) is 3.17. The Balaban J connectivity index is 0.00000128. The van der Waals surface area contributed by atoms with Crippen molar-refractivity contribution < 1.29 is 5.11 Å². The minimum absolute atomic E-state index is 0. The van der Waals surface area contributed by atoms with Crippen LogP contribution >= 0.6 is 12.4 Å². The van der Waals surface area contributed by atoms with Crippen LogP contribution in [-0.4, -0.2) is 5.11 Å². The molecule has 4 heteroatoms. The molecule has 1 saturated carbocycles. The number of hydrogen-bond acceptors (Lipinski definition) is 3. The largest absolute Gasteiger partial charge is 0.508 e. The molecule has 0 aliphatic heterocycles. The summed E-state index contributed by atoms with van der Waals surface area (Å²) < 4.78 is 0. The quantitative estimate of drug-likeness (QED) is 0.832. The van der Waals surface area contributed by atoms with Crippen LogP contribution in [0.25, 0.3) is 0 Å². The van der Waals surface area contributed by atoms with Crippen LogP contribution in [-0.2, 0) is 0 Å². The lowest BCUT2D eigenvalue weighted by Gasteiger charge is -2.31. The highest BCUT2D eigenvalue weighted by Crippen LogP contribution is 2.38. The molecule has 3 N–H and O–H groups in total. The Labute approximate surface area is 101 Å². The lowest BCUT2D eigenvalue weighted by Crippen LogP contribution is -2.26. The maximum Gasteiger partial charge on any atom is 0.120 e. The SMILES string of the molecule is Cl.N#Cc1ccc(O)c([C@@H](N)C2CCC2)c1. The van der Waals surface area contributed by atoms with Crippen molar-refractivity contribution in [1.82, 2.24) is 0 Å². The van der Waals surface area contributed by atoms with Crippen LogP contribution in [0.2, 0.25) is 0 Å². The minimum Gasteiger partial charge on any atom is -0.508 e. The van der Waals surface area contributed by atoms with Gasteiger partial charge in [0.05, 0.1) is 11.6 Å². The number of nitriles is 1. The van der Waals surface area contributed by atoms with Gasteiger partial charge in [-0.05, 0) is 37.0 Å². The van der Waals surface area contributed by atoms with E-state index in [9.17, 15) is 5.11 Å². The van der Waals surface area contributed by atoms with Gasteiger partial charge in [0, 0.05) is 11.6 Å². The topological polar surface area (TPSA) is 70.0 Å². The van der Waals surface area contributed by atoms with Crippen molar-refractivity contribution in [3.63, 3.8) is 0 Å². The number of halogens is 1. The average molecular weight is 239 g/mol. The number of hydrogen-bond donors (Lipinski definition) is 2. The first-order valence-corrected chi connectivity index (χ1v) is 5.21. The van der Waals surface area contributed by atoms with Gasteiger partial charge in [-0.25, -0.2) is 0 Å². The van der Waals surface area contributed by atoms with Gasteiger partial charge in [0.1, 0.15) is 5.75 Å². The molecule has 1 aliphatic carbocycles. The Hall–Kier alpha value is -1.24. The molecule has 0 spiro atoms. The predicted molar refractivity (Wildman–Crippen MR) is 64.3 cm³/mol. The van der Waals surface area contributed by atoms with Crippen molar-refractivity contribution >= 4 is 12.4 Å². The molecular formula is C12H15ClN2O. The molecule has 1 aliphatic rings. The molecule has 1 aromatic carbocycles. The van der Waals surface area contributed by atoms with Crippen LogP contribution in [0.15, 0.2) is 18.2 Å². The van der Waals surface area contributed by atoms with Crippen LogP contribution < -0.4 is 5.73 Å². The lowest BCUT2D eigenvalue weighted by molar-refractivity contribution is 0.260.